The summed E-state index contributed by atoms with van der Waals surface area (Å²) in [6, 6.07) is 0. The van der Waals surface area contributed by atoms with Gasteiger partial charge in [0.25, 0.3) is 0 Å². The molecule has 1 aliphatic heterocycles. The first-order chi connectivity index (χ1) is 13.6. The lowest BCUT2D eigenvalue weighted by Gasteiger charge is -2.51. The van der Waals surface area contributed by atoms with E-state index >= 15 is 0 Å². The van der Waals surface area contributed by atoms with E-state index in [1.807, 2.05) is 0 Å². The van der Waals surface area contributed by atoms with Gasteiger partial charge in [0.05, 0.1) is 12.7 Å². The quantitative estimate of drug-likeness (QED) is 0.251. The van der Waals surface area contributed by atoms with Gasteiger partial charge in [-0.3, -0.25) is 0 Å². The fourth-order valence-corrected chi connectivity index (χ4v) is 5.12. The van der Waals surface area contributed by atoms with Crippen LogP contribution in [0.2, 0.25) is 0 Å². The molecule has 0 aromatic carbocycles. The molecule has 29 heavy (non-hydrogen) atoms. The highest BCUT2D eigenvalue weighted by Crippen LogP contribution is 2.55. The maximum Gasteiger partial charge on any atom is 0.331 e. The van der Waals surface area contributed by atoms with Gasteiger partial charge in [0, 0.05) is 5.57 Å². The van der Waals surface area contributed by atoms with E-state index in [0.717, 1.165) is 24.8 Å². The van der Waals surface area contributed by atoms with Crippen LogP contribution in [0, 0.1) is 17.3 Å². The van der Waals surface area contributed by atoms with Crippen LogP contribution in [0.25, 0.3) is 0 Å². The van der Waals surface area contributed by atoms with Gasteiger partial charge in [-0.05, 0) is 54.9 Å². The van der Waals surface area contributed by atoms with Crippen molar-refractivity contribution in [2.45, 2.75) is 75.8 Å². The van der Waals surface area contributed by atoms with E-state index in [9.17, 15) is 30.3 Å². The monoisotopic (exact) mass is 412 g/mol. The van der Waals surface area contributed by atoms with Crippen LogP contribution >= 0.6 is 0 Å². The lowest BCUT2D eigenvalue weighted by molar-refractivity contribution is -0.310. The number of aliphatic hydroxyl groups excluding tert-OH is 4. The van der Waals surface area contributed by atoms with Crippen molar-refractivity contribution in [3.8, 4) is 0 Å². The van der Waals surface area contributed by atoms with Crippen molar-refractivity contribution in [1.82, 2.24) is 0 Å². The van der Waals surface area contributed by atoms with Gasteiger partial charge in [-0.15, -0.1) is 0 Å². The van der Waals surface area contributed by atoms with Crippen LogP contribution in [0.15, 0.2) is 24.3 Å². The number of hydrogen-bond acceptors (Lipinski definition) is 7. The zero-order valence-electron chi connectivity index (χ0n) is 16.7. The third kappa shape index (κ3) is 4.15. The Kier molecular flexibility index (Phi) is 6.53. The van der Waals surface area contributed by atoms with Crippen molar-refractivity contribution < 1.29 is 39.8 Å². The molecule has 2 saturated carbocycles. The number of hydrogen-bond donors (Lipinski definition) is 5. The Morgan fingerprint density at radius 2 is 1.86 bits per heavy atom. The van der Waals surface area contributed by atoms with Gasteiger partial charge >= 0.3 is 5.97 Å². The Bertz CT molecular complexity index is 661. The van der Waals surface area contributed by atoms with E-state index in [4.69, 9.17) is 9.47 Å². The Morgan fingerprint density at radius 3 is 2.48 bits per heavy atom. The highest BCUT2D eigenvalue weighted by molar-refractivity contribution is 5.86. The first-order valence-electron chi connectivity index (χ1n) is 10.2. The molecule has 3 fully saturated rings. The summed E-state index contributed by atoms with van der Waals surface area (Å²) >= 11 is 0. The summed E-state index contributed by atoms with van der Waals surface area (Å²) in [7, 11) is 0. The van der Waals surface area contributed by atoms with Gasteiger partial charge in [0.2, 0.25) is 0 Å². The van der Waals surface area contributed by atoms with E-state index in [2.05, 4.69) is 20.1 Å². The van der Waals surface area contributed by atoms with Crippen LogP contribution in [0.4, 0.5) is 0 Å². The number of rotatable bonds is 5. The molecule has 0 bridgehead atoms. The van der Waals surface area contributed by atoms with E-state index in [0.29, 0.717) is 12.8 Å². The number of fused-ring (bicyclic) bond motifs is 1. The molecular formula is C21H32O8. The minimum absolute atomic E-state index is 0.00159. The first kappa shape index (κ1) is 22.4. The molecule has 0 amide bonds. The lowest BCUT2D eigenvalue weighted by atomic mass is 9.55. The summed E-state index contributed by atoms with van der Waals surface area (Å²) in [5, 5.41) is 48.8. The summed E-state index contributed by atoms with van der Waals surface area (Å²) < 4.78 is 11.4. The largest absolute Gasteiger partial charge is 0.478 e. The minimum Gasteiger partial charge on any atom is -0.478 e. The van der Waals surface area contributed by atoms with Crippen molar-refractivity contribution in [3.63, 3.8) is 0 Å². The molecule has 1 heterocycles. The number of aliphatic carboxylic acids is 1. The number of carboxylic acids is 1. The standard InChI is InChI=1S/C21H32O8/c1-10(19(26)27)12-4-6-21(3)7-5-14(11(2)13(21)8-12)28-20-18(25)17(24)16(23)15(9-22)29-20/h12-18,20,22-25H,1-2,4-9H2,3H3,(H,26,27)/t12-,13+,14-,15-,16-,17+,18-,20-,21+/m1/s1. The summed E-state index contributed by atoms with van der Waals surface area (Å²) in [6.45, 7) is 9.63. The molecule has 0 radical (unpaired) electrons. The van der Waals surface area contributed by atoms with Crippen molar-refractivity contribution in [2.75, 3.05) is 6.61 Å². The maximum absolute atomic E-state index is 11.3. The van der Waals surface area contributed by atoms with E-state index in [1.54, 1.807) is 0 Å². The van der Waals surface area contributed by atoms with Gasteiger partial charge in [-0.1, -0.05) is 20.1 Å². The Morgan fingerprint density at radius 1 is 1.21 bits per heavy atom. The van der Waals surface area contributed by atoms with Crippen LogP contribution in [0.1, 0.15) is 39.0 Å². The predicted octanol–water partition coefficient (Wildman–Crippen LogP) is 0.585. The molecule has 0 aromatic rings. The maximum atomic E-state index is 11.3. The predicted molar refractivity (Wildman–Crippen MR) is 103 cm³/mol. The van der Waals surface area contributed by atoms with Gasteiger partial charge in [0.1, 0.15) is 24.4 Å². The Balaban J connectivity index is 1.72. The molecule has 0 aromatic heterocycles. The molecular weight excluding hydrogens is 380 g/mol. The van der Waals surface area contributed by atoms with E-state index < -0.39 is 49.4 Å². The third-order valence-corrected chi connectivity index (χ3v) is 7.18. The molecule has 164 valence electrons. The van der Waals surface area contributed by atoms with Gasteiger partial charge < -0.3 is 35.0 Å². The highest BCUT2D eigenvalue weighted by atomic mass is 16.7. The van der Waals surface area contributed by atoms with Crippen molar-refractivity contribution in [1.29, 1.82) is 0 Å². The molecule has 8 nitrogen and oxygen atoms in total. The van der Waals surface area contributed by atoms with Crippen LogP contribution in [-0.4, -0.2) is 74.9 Å². The first-order valence-corrected chi connectivity index (χ1v) is 10.2. The average molecular weight is 412 g/mol. The van der Waals surface area contributed by atoms with Gasteiger partial charge in [-0.2, -0.15) is 0 Å². The topological polar surface area (TPSA) is 137 Å². The number of carboxylic acid groups (broad SMARTS) is 1. The van der Waals surface area contributed by atoms with Crippen LogP contribution in [0.5, 0.6) is 0 Å². The van der Waals surface area contributed by atoms with Crippen LogP contribution in [-0.2, 0) is 14.3 Å². The molecule has 3 rings (SSSR count). The molecule has 2 aliphatic carbocycles. The second-order valence-electron chi connectivity index (χ2n) is 8.94. The lowest BCUT2D eigenvalue weighted by Crippen LogP contribution is -2.60. The Hall–Kier alpha value is -1.29. The fraction of sp³-hybridized carbons (Fsp3) is 0.762. The van der Waals surface area contributed by atoms with Crippen molar-refractivity contribution >= 4 is 5.97 Å². The zero-order valence-corrected chi connectivity index (χ0v) is 16.7. The molecule has 1 saturated heterocycles. The smallest absolute Gasteiger partial charge is 0.331 e. The second-order valence-corrected chi connectivity index (χ2v) is 8.94. The summed E-state index contributed by atoms with van der Waals surface area (Å²) in [6.07, 6.45) is -3.26. The minimum atomic E-state index is -1.49. The highest BCUT2D eigenvalue weighted by Gasteiger charge is 2.50. The SMILES string of the molecule is C=C(C(=O)O)[C@@H]1CC[C@@]2(C)CC[C@@H](O[C@@H]3O[C@H](CO)[C@@H](O)[C@H](O)[C@H]3O)C(=C)[C@@H]2C1. The fourth-order valence-electron chi connectivity index (χ4n) is 5.12. The van der Waals surface area contributed by atoms with Crippen molar-refractivity contribution in [2.24, 2.45) is 17.3 Å². The summed E-state index contributed by atoms with van der Waals surface area (Å²) in [5.41, 5.74) is 1.04. The number of aliphatic hydroxyl groups is 4. The third-order valence-electron chi connectivity index (χ3n) is 7.18. The Labute approximate surface area is 170 Å². The van der Waals surface area contributed by atoms with Crippen molar-refractivity contribution in [3.05, 3.63) is 24.3 Å². The normalized spacial score (nSPS) is 45.5. The molecule has 0 unspecified atom stereocenters. The number of carbonyl (C=O) groups is 1. The summed E-state index contributed by atoms with van der Waals surface area (Å²) in [5.74, 6) is -1.05. The average Bonchev–Trinajstić information content (AvgIpc) is 2.69. The van der Waals surface area contributed by atoms with Crippen LogP contribution in [0.3, 0.4) is 0 Å². The van der Waals surface area contributed by atoms with Gasteiger partial charge in [0.15, 0.2) is 6.29 Å². The molecule has 9 atom stereocenters. The second kappa shape index (κ2) is 8.45. The van der Waals surface area contributed by atoms with Crippen LogP contribution < -0.4 is 0 Å². The summed E-state index contributed by atoms with van der Waals surface area (Å²) in [4.78, 5) is 11.3. The molecule has 8 heteroatoms. The molecule has 3 aliphatic rings. The molecule has 5 N–H and O–H groups in total. The van der Waals surface area contributed by atoms with E-state index in [1.165, 1.54) is 0 Å². The number of ether oxygens (including phenoxy) is 2. The van der Waals surface area contributed by atoms with E-state index in [-0.39, 0.29) is 22.8 Å². The van der Waals surface area contributed by atoms with Gasteiger partial charge in [-0.25, -0.2) is 4.79 Å². The zero-order chi connectivity index (χ0) is 21.5. The molecule has 0 spiro atoms.